The summed E-state index contributed by atoms with van der Waals surface area (Å²) >= 11 is 5.45. The highest BCUT2D eigenvalue weighted by atomic mass is 35.5. The van der Waals surface area contributed by atoms with Gasteiger partial charge in [0.25, 0.3) is 0 Å². The third kappa shape index (κ3) is 1.75. The highest BCUT2D eigenvalue weighted by molar-refractivity contribution is 6.27. The Morgan fingerprint density at radius 1 is 1.50 bits per heavy atom. The minimum atomic E-state index is -0.0895. The third-order valence-electron chi connectivity index (χ3n) is 2.59. The second-order valence-corrected chi connectivity index (χ2v) is 3.76. The molecule has 0 bridgehead atoms. The van der Waals surface area contributed by atoms with Gasteiger partial charge < -0.3 is 5.32 Å². The van der Waals surface area contributed by atoms with Crippen LogP contribution in [0.5, 0.6) is 0 Å². The molecule has 74 valence electrons. The zero-order valence-corrected chi connectivity index (χ0v) is 8.55. The van der Waals surface area contributed by atoms with Crippen molar-refractivity contribution >= 4 is 17.5 Å². The molecule has 1 atom stereocenters. The molecule has 2 rings (SSSR count). The minimum absolute atomic E-state index is 0.0403. The van der Waals surface area contributed by atoms with E-state index < -0.39 is 0 Å². The van der Waals surface area contributed by atoms with Crippen LogP contribution in [0.4, 0.5) is 0 Å². The summed E-state index contributed by atoms with van der Waals surface area (Å²) in [7, 11) is 0. The van der Waals surface area contributed by atoms with E-state index in [4.69, 9.17) is 11.6 Å². The van der Waals surface area contributed by atoms with Gasteiger partial charge in [-0.15, -0.1) is 11.6 Å². The molecule has 0 unspecified atom stereocenters. The van der Waals surface area contributed by atoms with Crippen LogP contribution in [0.3, 0.4) is 0 Å². The van der Waals surface area contributed by atoms with Crippen LogP contribution >= 0.6 is 11.6 Å². The number of hydrogen-bond acceptors (Lipinski definition) is 1. The number of carbonyl (C=O) groups is 1. The van der Waals surface area contributed by atoms with Gasteiger partial charge in [0, 0.05) is 0 Å². The number of benzene rings is 1. The fourth-order valence-electron chi connectivity index (χ4n) is 1.94. The van der Waals surface area contributed by atoms with Crippen molar-refractivity contribution in [2.45, 2.75) is 18.9 Å². The first kappa shape index (κ1) is 9.53. The highest BCUT2D eigenvalue weighted by Gasteiger charge is 2.22. The Balaban J connectivity index is 2.14. The van der Waals surface area contributed by atoms with Gasteiger partial charge in [-0.1, -0.05) is 24.3 Å². The molecule has 2 nitrogen and oxygen atoms in total. The zero-order valence-electron chi connectivity index (χ0n) is 7.79. The van der Waals surface area contributed by atoms with E-state index in [-0.39, 0.29) is 17.8 Å². The molecular weight excluding hydrogens is 198 g/mol. The van der Waals surface area contributed by atoms with E-state index in [0.717, 1.165) is 12.8 Å². The summed E-state index contributed by atoms with van der Waals surface area (Å²) in [4.78, 5) is 11.1. The molecule has 0 saturated carbocycles. The largest absolute Gasteiger partial charge is 0.348 e. The molecule has 14 heavy (non-hydrogen) atoms. The van der Waals surface area contributed by atoms with Crippen molar-refractivity contribution in [1.82, 2.24) is 5.32 Å². The molecule has 1 aliphatic carbocycles. The summed E-state index contributed by atoms with van der Waals surface area (Å²) in [6.07, 6.45) is 2.03. The van der Waals surface area contributed by atoms with Gasteiger partial charge in [0.15, 0.2) is 0 Å². The van der Waals surface area contributed by atoms with Crippen LogP contribution in [-0.4, -0.2) is 11.8 Å². The van der Waals surface area contributed by atoms with Crippen LogP contribution < -0.4 is 5.32 Å². The Morgan fingerprint density at radius 3 is 3.07 bits per heavy atom. The summed E-state index contributed by atoms with van der Waals surface area (Å²) < 4.78 is 0. The van der Waals surface area contributed by atoms with E-state index in [0.29, 0.717) is 0 Å². The molecule has 1 N–H and O–H groups in total. The molecule has 1 aromatic rings. The average molecular weight is 210 g/mol. The van der Waals surface area contributed by atoms with Crippen molar-refractivity contribution in [2.24, 2.45) is 0 Å². The number of halogens is 1. The molecule has 1 amide bonds. The van der Waals surface area contributed by atoms with Crippen molar-refractivity contribution in [3.63, 3.8) is 0 Å². The monoisotopic (exact) mass is 209 g/mol. The molecule has 1 aromatic carbocycles. The molecule has 0 fully saturated rings. The van der Waals surface area contributed by atoms with Gasteiger partial charge in [0.1, 0.15) is 5.88 Å². The van der Waals surface area contributed by atoms with Gasteiger partial charge in [0.05, 0.1) is 6.04 Å². The number of nitrogens with one attached hydrogen (secondary N) is 1. The highest BCUT2D eigenvalue weighted by Crippen LogP contribution is 2.30. The molecule has 0 heterocycles. The summed E-state index contributed by atoms with van der Waals surface area (Å²) in [6, 6.07) is 8.38. The first-order valence-corrected chi connectivity index (χ1v) is 5.28. The van der Waals surface area contributed by atoms with Crippen LogP contribution in [0.2, 0.25) is 0 Å². The van der Waals surface area contributed by atoms with Crippen LogP contribution in [0.25, 0.3) is 0 Å². The van der Waals surface area contributed by atoms with Gasteiger partial charge in [0.2, 0.25) is 5.91 Å². The quantitative estimate of drug-likeness (QED) is 0.742. The second kappa shape index (κ2) is 4.01. The van der Waals surface area contributed by atoms with Crippen LogP contribution in [0, 0.1) is 0 Å². The van der Waals surface area contributed by atoms with Gasteiger partial charge in [-0.2, -0.15) is 0 Å². The Kier molecular flexibility index (Phi) is 2.73. The SMILES string of the molecule is O=C(CCl)N[C@@H]1CCc2ccccc21. The van der Waals surface area contributed by atoms with Gasteiger partial charge in [-0.05, 0) is 24.0 Å². The number of rotatable bonds is 2. The topological polar surface area (TPSA) is 29.1 Å². The first-order valence-electron chi connectivity index (χ1n) is 4.74. The summed E-state index contributed by atoms with van der Waals surface area (Å²) in [5.74, 6) is -0.0491. The van der Waals surface area contributed by atoms with E-state index in [2.05, 4.69) is 17.4 Å². The normalized spacial score (nSPS) is 19.1. The lowest BCUT2D eigenvalue weighted by Crippen LogP contribution is -2.27. The summed E-state index contributed by atoms with van der Waals surface area (Å²) in [5.41, 5.74) is 2.58. The molecule has 1 aliphatic rings. The number of fused-ring (bicyclic) bond motifs is 1. The predicted octanol–water partition coefficient (Wildman–Crippen LogP) is 2.03. The Bertz CT molecular complexity index is 351. The van der Waals surface area contributed by atoms with E-state index in [1.807, 2.05) is 12.1 Å². The maximum Gasteiger partial charge on any atom is 0.235 e. The Morgan fingerprint density at radius 2 is 2.29 bits per heavy atom. The smallest absolute Gasteiger partial charge is 0.235 e. The van der Waals surface area contributed by atoms with Crippen molar-refractivity contribution in [3.8, 4) is 0 Å². The lowest BCUT2D eigenvalue weighted by atomic mass is 10.1. The maximum atomic E-state index is 11.1. The standard InChI is InChI=1S/C11H12ClNO/c12-7-11(14)13-10-6-5-8-3-1-2-4-9(8)10/h1-4,10H,5-7H2,(H,13,14)/t10-/m1/s1. The molecule has 3 heteroatoms. The van der Waals surface area contributed by atoms with Crippen molar-refractivity contribution < 1.29 is 4.79 Å². The lowest BCUT2D eigenvalue weighted by Gasteiger charge is -2.12. The van der Waals surface area contributed by atoms with E-state index in [1.54, 1.807) is 0 Å². The molecule has 0 spiro atoms. The number of aryl methyl sites for hydroxylation is 1. The fraction of sp³-hybridized carbons (Fsp3) is 0.364. The molecule has 0 saturated heterocycles. The number of amides is 1. The van der Waals surface area contributed by atoms with Gasteiger partial charge in [-0.3, -0.25) is 4.79 Å². The average Bonchev–Trinajstić information content (AvgIpc) is 2.62. The van der Waals surface area contributed by atoms with Gasteiger partial charge in [-0.25, -0.2) is 0 Å². The maximum absolute atomic E-state index is 11.1. The number of hydrogen-bond donors (Lipinski definition) is 1. The second-order valence-electron chi connectivity index (χ2n) is 3.49. The van der Waals surface area contributed by atoms with Crippen LogP contribution in [0.15, 0.2) is 24.3 Å². The lowest BCUT2D eigenvalue weighted by molar-refractivity contribution is -0.119. The molecule has 0 radical (unpaired) electrons. The third-order valence-corrected chi connectivity index (χ3v) is 2.83. The Hall–Kier alpha value is -1.02. The van der Waals surface area contributed by atoms with E-state index >= 15 is 0 Å². The number of alkyl halides is 1. The summed E-state index contributed by atoms with van der Waals surface area (Å²) in [5, 5.41) is 2.91. The molecule has 0 aromatic heterocycles. The Labute approximate surface area is 88.3 Å². The molecule has 0 aliphatic heterocycles. The predicted molar refractivity (Wildman–Crippen MR) is 56.4 cm³/mol. The van der Waals surface area contributed by atoms with Gasteiger partial charge >= 0.3 is 0 Å². The van der Waals surface area contributed by atoms with E-state index in [9.17, 15) is 4.79 Å². The zero-order chi connectivity index (χ0) is 9.97. The van der Waals surface area contributed by atoms with Crippen LogP contribution in [0.1, 0.15) is 23.6 Å². The fourth-order valence-corrected chi connectivity index (χ4v) is 2.02. The number of carbonyl (C=O) groups excluding carboxylic acids is 1. The summed E-state index contributed by atoms with van der Waals surface area (Å²) in [6.45, 7) is 0. The van der Waals surface area contributed by atoms with Crippen molar-refractivity contribution in [1.29, 1.82) is 0 Å². The van der Waals surface area contributed by atoms with Crippen molar-refractivity contribution in [3.05, 3.63) is 35.4 Å². The van der Waals surface area contributed by atoms with E-state index in [1.165, 1.54) is 11.1 Å². The molecular formula is C11H12ClNO. The first-order chi connectivity index (χ1) is 6.81. The van der Waals surface area contributed by atoms with Crippen LogP contribution in [-0.2, 0) is 11.2 Å². The van der Waals surface area contributed by atoms with Crippen molar-refractivity contribution in [2.75, 3.05) is 5.88 Å². The minimum Gasteiger partial charge on any atom is -0.348 e.